The Labute approximate surface area is 64.8 Å². The van der Waals surface area contributed by atoms with Crippen LogP contribution in [0.2, 0.25) is 0 Å². The predicted octanol–water partition coefficient (Wildman–Crippen LogP) is 3.18. The Morgan fingerprint density at radius 1 is 1.00 bits per heavy atom. The molecule has 0 aliphatic rings. The molecule has 0 atom stereocenters. The van der Waals surface area contributed by atoms with Crippen molar-refractivity contribution in [1.82, 2.24) is 0 Å². The second-order valence-electron chi connectivity index (χ2n) is 2.04. The van der Waals surface area contributed by atoms with E-state index in [0.717, 1.165) is 25.7 Å². The van der Waals surface area contributed by atoms with Gasteiger partial charge in [-0.15, -0.1) is 0 Å². The highest BCUT2D eigenvalue weighted by Crippen LogP contribution is 1.95. The Morgan fingerprint density at radius 2 is 1.30 bits per heavy atom. The Kier molecular flexibility index (Phi) is 14.2. The van der Waals surface area contributed by atoms with Crippen LogP contribution in [0.4, 0.5) is 0 Å². The average molecular weight is 144 g/mol. The van der Waals surface area contributed by atoms with Gasteiger partial charge in [-0.25, -0.2) is 0 Å². The van der Waals surface area contributed by atoms with Crippen LogP contribution in [0.25, 0.3) is 0 Å². The van der Waals surface area contributed by atoms with Crippen molar-refractivity contribution in [2.75, 3.05) is 0 Å². The van der Waals surface area contributed by atoms with Crippen molar-refractivity contribution in [3.8, 4) is 0 Å². The van der Waals surface area contributed by atoms with Crippen LogP contribution in [-0.4, -0.2) is 5.78 Å². The molecule has 0 saturated carbocycles. The van der Waals surface area contributed by atoms with Crippen LogP contribution in [0, 0.1) is 0 Å². The molecule has 0 fully saturated rings. The number of carbonyl (C=O) groups is 1. The highest BCUT2D eigenvalue weighted by molar-refractivity contribution is 5.78. The molecule has 0 spiro atoms. The van der Waals surface area contributed by atoms with E-state index in [-0.39, 0.29) is 0 Å². The number of ketones is 1. The molecule has 0 rings (SSSR count). The van der Waals surface area contributed by atoms with Crippen LogP contribution in [0.5, 0.6) is 0 Å². The van der Waals surface area contributed by atoms with Crippen molar-refractivity contribution in [2.45, 2.75) is 53.4 Å². The molecule has 0 unspecified atom stereocenters. The van der Waals surface area contributed by atoms with E-state index in [2.05, 4.69) is 0 Å². The first-order valence-electron chi connectivity index (χ1n) is 4.33. The van der Waals surface area contributed by atoms with Crippen molar-refractivity contribution >= 4 is 5.78 Å². The molecule has 0 aromatic carbocycles. The van der Waals surface area contributed by atoms with Crippen LogP contribution in [0.15, 0.2) is 0 Å². The zero-order chi connectivity index (χ0) is 8.41. The smallest absolute Gasteiger partial charge is 0.132 e. The first-order valence-corrected chi connectivity index (χ1v) is 4.33. The first kappa shape index (κ1) is 12.4. The summed E-state index contributed by atoms with van der Waals surface area (Å²) in [6.45, 7) is 8.07. The van der Waals surface area contributed by atoms with E-state index in [1.54, 1.807) is 0 Å². The minimum Gasteiger partial charge on any atom is -0.300 e. The largest absolute Gasteiger partial charge is 0.300 e. The molecule has 0 amide bonds. The maximum Gasteiger partial charge on any atom is 0.132 e. The lowest BCUT2D eigenvalue weighted by molar-refractivity contribution is -0.119. The molecule has 62 valence electrons. The van der Waals surface area contributed by atoms with Crippen LogP contribution in [0.3, 0.4) is 0 Å². The van der Waals surface area contributed by atoms with Gasteiger partial charge in [-0.3, -0.25) is 4.79 Å². The first-order chi connectivity index (χ1) is 4.81. The van der Waals surface area contributed by atoms with E-state index >= 15 is 0 Å². The van der Waals surface area contributed by atoms with Gasteiger partial charge in [0.1, 0.15) is 5.78 Å². The lowest BCUT2D eigenvalue weighted by Gasteiger charge is -1.91. The summed E-state index contributed by atoms with van der Waals surface area (Å²) in [6, 6.07) is 0. The fourth-order valence-electron chi connectivity index (χ4n) is 0.683. The maximum absolute atomic E-state index is 10.6. The second kappa shape index (κ2) is 11.5. The minimum absolute atomic E-state index is 0.412. The van der Waals surface area contributed by atoms with Gasteiger partial charge in [0.05, 0.1) is 0 Å². The standard InChI is InChI=1S/C7H14O.C2H6/c1-3-5-7(8)6-4-2;1-2/h3-6H2,1-2H3;1-2H3. The summed E-state index contributed by atoms with van der Waals surface area (Å²) in [4.78, 5) is 10.6. The highest BCUT2D eigenvalue weighted by Gasteiger charge is 1.94. The second-order valence-corrected chi connectivity index (χ2v) is 2.04. The molecule has 0 saturated heterocycles. The summed E-state index contributed by atoms with van der Waals surface area (Å²) < 4.78 is 0. The molecule has 0 bridgehead atoms. The highest BCUT2D eigenvalue weighted by atomic mass is 16.1. The number of rotatable bonds is 4. The third-order valence-corrected chi connectivity index (χ3v) is 1.06. The Bertz CT molecular complexity index is 59.1. The molecular formula is C9H20O. The summed E-state index contributed by atoms with van der Waals surface area (Å²) in [7, 11) is 0. The topological polar surface area (TPSA) is 17.1 Å². The average Bonchev–Trinajstić information content (AvgIpc) is 1.93. The summed E-state index contributed by atoms with van der Waals surface area (Å²) >= 11 is 0. The normalized spacial score (nSPS) is 8.00. The molecule has 0 aliphatic heterocycles. The fourth-order valence-corrected chi connectivity index (χ4v) is 0.683. The van der Waals surface area contributed by atoms with E-state index in [1.165, 1.54) is 0 Å². The number of Topliss-reactive ketones (excluding diaryl/α,β-unsaturated/α-hetero) is 1. The summed E-state index contributed by atoms with van der Waals surface area (Å²) in [5, 5.41) is 0. The van der Waals surface area contributed by atoms with E-state index in [9.17, 15) is 4.79 Å². The molecule has 10 heavy (non-hydrogen) atoms. The van der Waals surface area contributed by atoms with Crippen molar-refractivity contribution < 1.29 is 4.79 Å². The Balaban J connectivity index is 0. The van der Waals surface area contributed by atoms with Gasteiger partial charge < -0.3 is 0 Å². The van der Waals surface area contributed by atoms with Gasteiger partial charge in [0.2, 0.25) is 0 Å². The SMILES string of the molecule is CC.CCCC(=O)CCC. The van der Waals surface area contributed by atoms with E-state index < -0.39 is 0 Å². The molecule has 0 heterocycles. The summed E-state index contributed by atoms with van der Waals surface area (Å²) in [6.07, 6.45) is 3.54. The zero-order valence-electron chi connectivity index (χ0n) is 7.74. The lowest BCUT2D eigenvalue weighted by Crippen LogP contribution is -1.93. The monoisotopic (exact) mass is 144 g/mol. The third kappa shape index (κ3) is 10.6. The minimum atomic E-state index is 0.412. The van der Waals surface area contributed by atoms with E-state index in [1.807, 2.05) is 27.7 Å². The summed E-state index contributed by atoms with van der Waals surface area (Å²) in [5.41, 5.74) is 0. The Morgan fingerprint density at radius 3 is 1.50 bits per heavy atom. The molecule has 0 aliphatic carbocycles. The molecule has 1 nitrogen and oxygen atoms in total. The van der Waals surface area contributed by atoms with Crippen LogP contribution >= 0.6 is 0 Å². The van der Waals surface area contributed by atoms with Gasteiger partial charge in [0, 0.05) is 12.8 Å². The molecule has 0 N–H and O–H groups in total. The van der Waals surface area contributed by atoms with E-state index in [0.29, 0.717) is 5.78 Å². The number of carbonyl (C=O) groups excluding carboxylic acids is 1. The van der Waals surface area contributed by atoms with E-state index in [4.69, 9.17) is 0 Å². The van der Waals surface area contributed by atoms with Crippen molar-refractivity contribution in [3.05, 3.63) is 0 Å². The lowest BCUT2D eigenvalue weighted by atomic mass is 10.1. The molecular weight excluding hydrogens is 124 g/mol. The zero-order valence-corrected chi connectivity index (χ0v) is 7.74. The summed E-state index contributed by atoms with van der Waals surface area (Å²) in [5.74, 6) is 0.412. The van der Waals surface area contributed by atoms with Gasteiger partial charge in [-0.1, -0.05) is 27.7 Å². The van der Waals surface area contributed by atoms with Crippen LogP contribution in [-0.2, 0) is 4.79 Å². The van der Waals surface area contributed by atoms with Crippen molar-refractivity contribution in [1.29, 1.82) is 0 Å². The van der Waals surface area contributed by atoms with Crippen LogP contribution < -0.4 is 0 Å². The molecule has 0 aromatic rings. The molecule has 1 heteroatoms. The Hall–Kier alpha value is -0.330. The number of hydrogen-bond donors (Lipinski definition) is 0. The van der Waals surface area contributed by atoms with Gasteiger partial charge >= 0.3 is 0 Å². The van der Waals surface area contributed by atoms with Crippen molar-refractivity contribution in [2.24, 2.45) is 0 Å². The third-order valence-electron chi connectivity index (χ3n) is 1.06. The number of hydrogen-bond acceptors (Lipinski definition) is 1. The maximum atomic E-state index is 10.6. The molecule has 0 aromatic heterocycles. The van der Waals surface area contributed by atoms with Gasteiger partial charge in [-0.2, -0.15) is 0 Å². The van der Waals surface area contributed by atoms with Crippen LogP contribution in [0.1, 0.15) is 53.4 Å². The molecule has 0 radical (unpaired) electrons. The predicted molar refractivity (Wildman–Crippen MR) is 46.2 cm³/mol. The van der Waals surface area contributed by atoms with Gasteiger partial charge in [-0.05, 0) is 12.8 Å². The van der Waals surface area contributed by atoms with Crippen molar-refractivity contribution in [3.63, 3.8) is 0 Å². The van der Waals surface area contributed by atoms with Gasteiger partial charge in [0.25, 0.3) is 0 Å². The quantitative estimate of drug-likeness (QED) is 0.592. The van der Waals surface area contributed by atoms with Gasteiger partial charge in [0.15, 0.2) is 0 Å². The fraction of sp³-hybridized carbons (Fsp3) is 0.889.